The number of fused-ring (bicyclic) bond motifs is 1. The Morgan fingerprint density at radius 2 is 1.56 bits per heavy atom. The topological polar surface area (TPSA) is 45.4 Å². The molecule has 0 aliphatic rings. The Kier molecular flexibility index (Phi) is 4.17. The van der Waals surface area contributed by atoms with Gasteiger partial charge in [0.25, 0.3) is 5.56 Å². The lowest BCUT2D eigenvalue weighted by Crippen LogP contribution is -2.23. The van der Waals surface area contributed by atoms with Gasteiger partial charge in [-0.15, -0.1) is 0 Å². The van der Waals surface area contributed by atoms with Gasteiger partial charge in [0.05, 0.1) is 13.2 Å². The molecule has 0 saturated carbocycles. The zero-order chi connectivity index (χ0) is 13.0. The van der Waals surface area contributed by atoms with E-state index in [9.17, 15) is 4.79 Å². The highest BCUT2D eigenvalue weighted by Gasteiger charge is 2.07. The summed E-state index contributed by atoms with van der Waals surface area (Å²) in [4.78, 5) is 12.3. The van der Waals surface area contributed by atoms with Crippen LogP contribution in [0.5, 0.6) is 0 Å². The molecule has 0 unspecified atom stereocenters. The molecule has 0 fully saturated rings. The second-order valence-electron chi connectivity index (χ2n) is 4.11. The van der Waals surface area contributed by atoms with E-state index >= 15 is 0 Å². The number of hydrogen-bond donors (Lipinski definition) is 0. The van der Waals surface area contributed by atoms with Gasteiger partial charge in [-0.2, -0.15) is 0 Å². The van der Waals surface area contributed by atoms with Gasteiger partial charge >= 0.3 is 0 Å². The van der Waals surface area contributed by atoms with Crippen LogP contribution in [-0.4, -0.2) is 36.6 Å². The summed E-state index contributed by atoms with van der Waals surface area (Å²) in [6, 6.07) is 3.91. The van der Waals surface area contributed by atoms with Crippen LogP contribution in [0.4, 0.5) is 0 Å². The minimum Gasteiger partial charge on any atom is -0.383 e. The molecule has 0 amide bonds. The third-order valence-electron chi connectivity index (χ3n) is 2.96. The fourth-order valence-corrected chi connectivity index (χ4v) is 1.99. The summed E-state index contributed by atoms with van der Waals surface area (Å²) < 4.78 is 13.7. The predicted octanol–water partition coefficient (Wildman–Crippen LogP) is 1.10. The summed E-state index contributed by atoms with van der Waals surface area (Å²) in [6.45, 7) is 2.38. The molecule has 2 aromatic heterocycles. The van der Waals surface area contributed by atoms with Crippen molar-refractivity contribution in [3.05, 3.63) is 34.9 Å². The average Bonchev–Trinajstić information content (AvgIpc) is 2.79. The number of methoxy groups -OCH3 is 2. The summed E-state index contributed by atoms with van der Waals surface area (Å²) in [5.74, 6) is 0. The maximum absolute atomic E-state index is 12.3. The Balaban J connectivity index is 2.40. The molecule has 0 bridgehead atoms. The fraction of sp³-hybridized carbons (Fsp3) is 0.462. The lowest BCUT2D eigenvalue weighted by molar-refractivity contribution is 0.185. The summed E-state index contributed by atoms with van der Waals surface area (Å²) in [7, 11) is 3.29. The third-order valence-corrected chi connectivity index (χ3v) is 2.96. The van der Waals surface area contributed by atoms with Gasteiger partial charge in [0, 0.05) is 45.1 Å². The fourth-order valence-electron chi connectivity index (χ4n) is 1.99. The molecule has 2 rings (SSSR count). The average molecular weight is 250 g/mol. The SMILES string of the molecule is COCCn1ccc2ccn(CCOC)c2c1=O. The molecule has 0 N–H and O–H groups in total. The number of ether oxygens (including phenoxy) is 2. The molecule has 0 radical (unpaired) electrons. The van der Waals surface area contributed by atoms with E-state index in [1.165, 1.54) is 0 Å². The maximum Gasteiger partial charge on any atom is 0.275 e. The molecule has 0 atom stereocenters. The van der Waals surface area contributed by atoms with Crippen LogP contribution in [0.2, 0.25) is 0 Å². The van der Waals surface area contributed by atoms with E-state index in [2.05, 4.69) is 0 Å². The second-order valence-corrected chi connectivity index (χ2v) is 4.11. The summed E-state index contributed by atoms with van der Waals surface area (Å²) >= 11 is 0. The highest BCUT2D eigenvalue weighted by Crippen LogP contribution is 2.11. The van der Waals surface area contributed by atoms with Gasteiger partial charge in [0.1, 0.15) is 5.52 Å². The number of hydrogen-bond acceptors (Lipinski definition) is 3. The molecule has 18 heavy (non-hydrogen) atoms. The first-order valence-electron chi connectivity index (χ1n) is 5.94. The van der Waals surface area contributed by atoms with Crippen molar-refractivity contribution in [2.45, 2.75) is 13.1 Å². The molecule has 5 heteroatoms. The quantitative estimate of drug-likeness (QED) is 0.771. The predicted molar refractivity (Wildman–Crippen MR) is 70.0 cm³/mol. The van der Waals surface area contributed by atoms with Crippen LogP contribution in [-0.2, 0) is 22.6 Å². The van der Waals surface area contributed by atoms with E-state index in [0.29, 0.717) is 26.3 Å². The van der Waals surface area contributed by atoms with E-state index in [1.54, 1.807) is 18.8 Å². The molecule has 2 aromatic rings. The maximum atomic E-state index is 12.3. The van der Waals surface area contributed by atoms with Gasteiger partial charge in [0.2, 0.25) is 0 Å². The lowest BCUT2D eigenvalue weighted by Gasteiger charge is -2.07. The van der Waals surface area contributed by atoms with Gasteiger partial charge < -0.3 is 18.6 Å². The monoisotopic (exact) mass is 250 g/mol. The normalized spacial score (nSPS) is 11.2. The number of rotatable bonds is 6. The lowest BCUT2D eigenvalue weighted by atomic mass is 10.3. The van der Waals surface area contributed by atoms with Crippen molar-refractivity contribution >= 4 is 10.9 Å². The van der Waals surface area contributed by atoms with Crippen molar-refractivity contribution < 1.29 is 9.47 Å². The highest BCUT2D eigenvalue weighted by molar-refractivity contribution is 5.78. The molecule has 2 heterocycles. The first-order valence-corrected chi connectivity index (χ1v) is 5.94. The van der Waals surface area contributed by atoms with E-state index < -0.39 is 0 Å². The minimum atomic E-state index is 0.0191. The number of pyridine rings is 1. The zero-order valence-electron chi connectivity index (χ0n) is 10.8. The molecular weight excluding hydrogens is 232 g/mol. The Morgan fingerprint density at radius 3 is 2.17 bits per heavy atom. The molecule has 0 aliphatic heterocycles. The van der Waals surface area contributed by atoms with Crippen molar-refractivity contribution in [2.75, 3.05) is 27.4 Å². The Labute approximate surface area is 106 Å². The van der Waals surface area contributed by atoms with E-state index in [4.69, 9.17) is 9.47 Å². The molecule has 0 aromatic carbocycles. The van der Waals surface area contributed by atoms with Gasteiger partial charge in [-0.3, -0.25) is 4.79 Å². The largest absolute Gasteiger partial charge is 0.383 e. The van der Waals surface area contributed by atoms with Gasteiger partial charge in [-0.25, -0.2) is 0 Å². The van der Waals surface area contributed by atoms with Crippen LogP contribution in [0, 0.1) is 0 Å². The second kappa shape index (κ2) is 5.84. The number of nitrogens with zero attached hydrogens (tertiary/aromatic N) is 2. The Bertz CT molecular complexity index is 571. The third kappa shape index (κ3) is 2.47. The summed E-state index contributed by atoms with van der Waals surface area (Å²) in [5, 5.41) is 0.963. The Morgan fingerprint density at radius 1 is 1.00 bits per heavy atom. The minimum absolute atomic E-state index is 0.0191. The van der Waals surface area contributed by atoms with Crippen molar-refractivity contribution in [3.8, 4) is 0 Å². The summed E-state index contributed by atoms with van der Waals surface area (Å²) in [6.07, 6.45) is 3.73. The van der Waals surface area contributed by atoms with Crippen LogP contribution in [0.3, 0.4) is 0 Å². The molecule has 0 aliphatic carbocycles. The Hall–Kier alpha value is -1.59. The van der Waals surface area contributed by atoms with Crippen LogP contribution in [0.15, 0.2) is 29.3 Å². The number of aromatic nitrogens is 2. The highest BCUT2D eigenvalue weighted by atomic mass is 16.5. The van der Waals surface area contributed by atoms with E-state index in [1.807, 2.05) is 29.1 Å². The van der Waals surface area contributed by atoms with Crippen molar-refractivity contribution in [1.82, 2.24) is 9.13 Å². The van der Waals surface area contributed by atoms with Crippen LogP contribution in [0.25, 0.3) is 10.9 Å². The van der Waals surface area contributed by atoms with Gasteiger partial charge in [-0.05, 0) is 12.1 Å². The van der Waals surface area contributed by atoms with Crippen LogP contribution in [0.1, 0.15) is 0 Å². The smallest absolute Gasteiger partial charge is 0.275 e. The first-order chi connectivity index (χ1) is 8.77. The van der Waals surface area contributed by atoms with Gasteiger partial charge in [0.15, 0.2) is 0 Å². The van der Waals surface area contributed by atoms with E-state index in [-0.39, 0.29) is 5.56 Å². The van der Waals surface area contributed by atoms with Crippen molar-refractivity contribution in [2.24, 2.45) is 0 Å². The van der Waals surface area contributed by atoms with E-state index in [0.717, 1.165) is 10.9 Å². The molecule has 0 saturated heterocycles. The van der Waals surface area contributed by atoms with Crippen molar-refractivity contribution in [1.29, 1.82) is 0 Å². The zero-order valence-corrected chi connectivity index (χ0v) is 10.8. The van der Waals surface area contributed by atoms with Crippen molar-refractivity contribution in [3.63, 3.8) is 0 Å². The molecule has 5 nitrogen and oxygen atoms in total. The summed E-state index contributed by atoms with van der Waals surface area (Å²) in [5.41, 5.74) is 0.747. The molecule has 0 spiro atoms. The first kappa shape index (κ1) is 12.9. The molecule has 98 valence electrons. The standard InChI is InChI=1S/C13H18N2O3/c1-17-9-7-14-5-3-11-4-6-15(8-10-18-2)13(16)12(11)14/h3-6H,7-10H2,1-2H3. The van der Waals surface area contributed by atoms with Crippen LogP contribution < -0.4 is 5.56 Å². The molecular formula is C13H18N2O3. The van der Waals surface area contributed by atoms with Gasteiger partial charge in [-0.1, -0.05) is 0 Å². The van der Waals surface area contributed by atoms with Crippen LogP contribution >= 0.6 is 0 Å².